The molecule has 5 aromatic rings. The zero-order valence-corrected chi connectivity index (χ0v) is 19.1. The zero-order valence-electron chi connectivity index (χ0n) is 17.5. The van der Waals surface area contributed by atoms with Gasteiger partial charge in [-0.2, -0.15) is 0 Å². The monoisotopic (exact) mass is 503 g/mol. The topological polar surface area (TPSA) is 105 Å². The number of aromatic amines is 1. The average Bonchev–Trinajstić information content (AvgIpc) is 3.34. The number of carbonyl (C=O) groups excluding carboxylic acids is 1. The van der Waals surface area contributed by atoms with Crippen molar-refractivity contribution in [2.75, 3.05) is 7.11 Å². The molecule has 0 unspecified atom stereocenters. The van der Waals surface area contributed by atoms with Gasteiger partial charge in [0.15, 0.2) is 5.69 Å². The Hall–Kier alpha value is -3.98. The van der Waals surface area contributed by atoms with Crippen molar-refractivity contribution in [2.45, 2.75) is 6.54 Å². The number of para-hydroxylation sites is 2. The predicted octanol–water partition coefficient (Wildman–Crippen LogP) is 5.97. The molecular weight excluding hydrogens is 486 g/mol. The van der Waals surface area contributed by atoms with Crippen LogP contribution in [0, 0.1) is 0 Å². The number of azo groups is 1. The Labute approximate surface area is 196 Å². The van der Waals surface area contributed by atoms with E-state index in [0.717, 1.165) is 26.8 Å². The number of benzene rings is 3. The molecule has 0 atom stereocenters. The number of fused-ring (bicyclic) bond motifs is 2. The second-order valence-corrected chi connectivity index (χ2v) is 8.26. The number of carbonyl (C=O) groups is 1. The van der Waals surface area contributed by atoms with Crippen LogP contribution < -0.4 is 4.74 Å². The van der Waals surface area contributed by atoms with Gasteiger partial charge in [0.2, 0.25) is 5.88 Å². The van der Waals surface area contributed by atoms with Crippen LogP contribution in [-0.4, -0.2) is 32.7 Å². The summed E-state index contributed by atoms with van der Waals surface area (Å²) in [5.74, 6) is 0.751. The van der Waals surface area contributed by atoms with E-state index >= 15 is 0 Å². The lowest BCUT2D eigenvalue weighted by Crippen LogP contribution is -2.08. The van der Waals surface area contributed by atoms with E-state index in [1.54, 1.807) is 19.2 Å². The number of aromatic hydroxyl groups is 1. The maximum absolute atomic E-state index is 12.8. The highest BCUT2D eigenvalue weighted by molar-refractivity contribution is 9.10. The number of amides is 1. The van der Waals surface area contributed by atoms with Crippen LogP contribution in [0.5, 0.6) is 11.6 Å². The molecule has 2 heterocycles. The molecule has 0 aliphatic heterocycles. The number of rotatable bonds is 5. The van der Waals surface area contributed by atoms with Crippen molar-refractivity contribution < 1.29 is 14.6 Å². The van der Waals surface area contributed by atoms with Crippen LogP contribution in [0.15, 0.2) is 81.4 Å². The Kier molecular flexibility index (Phi) is 5.39. The number of aromatic nitrogens is 3. The number of methoxy groups -OCH3 is 1. The number of nitrogens with one attached hydrogen (secondary N) is 1. The first kappa shape index (κ1) is 20.9. The lowest BCUT2D eigenvalue weighted by atomic mass is 10.2. The molecule has 164 valence electrons. The molecule has 0 saturated carbocycles. The van der Waals surface area contributed by atoms with E-state index in [2.05, 4.69) is 31.1 Å². The number of hydrogen-bond donors (Lipinski definition) is 2. The van der Waals surface area contributed by atoms with E-state index in [-0.39, 0.29) is 18.1 Å². The largest absolute Gasteiger partial charge is 0.497 e. The standard InChI is InChI=1S/C24H18BrN5O3/c1-33-16-9-6-14(7-10-16)23-26-19-4-2-3-5-20(19)30(23)13-21(31)28-29-22-17-12-15(25)8-11-18(17)27-24(22)32/h2-12,27,32H,13H2,1H3. The van der Waals surface area contributed by atoms with Crippen molar-refractivity contribution in [3.63, 3.8) is 0 Å². The van der Waals surface area contributed by atoms with E-state index < -0.39 is 5.91 Å². The Morgan fingerprint density at radius 3 is 2.73 bits per heavy atom. The molecular formula is C24H18BrN5O3. The van der Waals surface area contributed by atoms with Gasteiger partial charge < -0.3 is 19.4 Å². The van der Waals surface area contributed by atoms with Crippen LogP contribution in [0.25, 0.3) is 33.3 Å². The van der Waals surface area contributed by atoms with Crippen LogP contribution >= 0.6 is 15.9 Å². The molecule has 0 aliphatic carbocycles. The molecule has 0 aliphatic rings. The second-order valence-electron chi connectivity index (χ2n) is 7.34. The quantitative estimate of drug-likeness (QED) is 0.288. The summed E-state index contributed by atoms with van der Waals surface area (Å²) in [6, 6.07) is 20.5. The molecule has 8 nitrogen and oxygen atoms in total. The summed E-state index contributed by atoms with van der Waals surface area (Å²) in [6.07, 6.45) is 0. The highest BCUT2D eigenvalue weighted by atomic mass is 79.9. The van der Waals surface area contributed by atoms with E-state index in [0.29, 0.717) is 16.7 Å². The van der Waals surface area contributed by atoms with Crippen LogP contribution in [-0.2, 0) is 11.3 Å². The third-order valence-electron chi connectivity index (χ3n) is 5.27. The van der Waals surface area contributed by atoms with Gasteiger partial charge in [0, 0.05) is 15.4 Å². The molecule has 0 saturated heterocycles. The summed E-state index contributed by atoms with van der Waals surface area (Å²) >= 11 is 3.40. The fraction of sp³-hybridized carbons (Fsp3) is 0.0833. The fourth-order valence-electron chi connectivity index (χ4n) is 3.71. The maximum Gasteiger partial charge on any atom is 0.284 e. The molecule has 0 bridgehead atoms. The van der Waals surface area contributed by atoms with E-state index in [4.69, 9.17) is 9.72 Å². The lowest BCUT2D eigenvalue weighted by molar-refractivity contribution is -0.118. The number of ether oxygens (including phenoxy) is 1. The molecule has 1 amide bonds. The van der Waals surface area contributed by atoms with Gasteiger partial charge in [0.1, 0.15) is 18.1 Å². The number of nitrogens with zero attached hydrogens (tertiary/aromatic N) is 4. The van der Waals surface area contributed by atoms with Gasteiger partial charge in [0.25, 0.3) is 5.91 Å². The van der Waals surface area contributed by atoms with Gasteiger partial charge >= 0.3 is 0 Å². The molecule has 2 aromatic heterocycles. The Morgan fingerprint density at radius 2 is 1.94 bits per heavy atom. The molecule has 0 fully saturated rings. The third-order valence-corrected chi connectivity index (χ3v) is 5.77. The van der Waals surface area contributed by atoms with Crippen molar-refractivity contribution in [1.82, 2.24) is 14.5 Å². The van der Waals surface area contributed by atoms with E-state index in [1.165, 1.54) is 0 Å². The van der Waals surface area contributed by atoms with Crippen LogP contribution in [0.2, 0.25) is 0 Å². The van der Waals surface area contributed by atoms with Crippen molar-refractivity contribution in [1.29, 1.82) is 0 Å². The normalized spacial score (nSPS) is 11.6. The maximum atomic E-state index is 12.8. The lowest BCUT2D eigenvalue weighted by Gasteiger charge is -2.07. The molecule has 33 heavy (non-hydrogen) atoms. The van der Waals surface area contributed by atoms with Gasteiger partial charge in [-0.25, -0.2) is 4.98 Å². The second kappa shape index (κ2) is 8.51. The van der Waals surface area contributed by atoms with Crippen LogP contribution in [0.3, 0.4) is 0 Å². The molecule has 0 spiro atoms. The first-order valence-corrected chi connectivity index (χ1v) is 10.9. The molecule has 9 heteroatoms. The average molecular weight is 504 g/mol. The summed E-state index contributed by atoms with van der Waals surface area (Å²) in [5, 5.41) is 18.8. The van der Waals surface area contributed by atoms with E-state index in [1.807, 2.05) is 59.2 Å². The molecule has 5 rings (SSSR count). The first-order chi connectivity index (χ1) is 16.0. The third kappa shape index (κ3) is 3.98. The Morgan fingerprint density at radius 1 is 1.15 bits per heavy atom. The fourth-order valence-corrected chi connectivity index (χ4v) is 4.07. The number of hydrogen-bond acceptors (Lipinski definition) is 5. The zero-order chi connectivity index (χ0) is 22.9. The van der Waals surface area contributed by atoms with E-state index in [9.17, 15) is 9.90 Å². The Balaban J connectivity index is 1.49. The summed E-state index contributed by atoms with van der Waals surface area (Å²) in [6.45, 7) is -0.0574. The highest BCUT2D eigenvalue weighted by Crippen LogP contribution is 2.37. The van der Waals surface area contributed by atoms with Gasteiger partial charge in [-0.3, -0.25) is 4.79 Å². The van der Waals surface area contributed by atoms with Crippen molar-refractivity contribution >= 4 is 49.5 Å². The van der Waals surface area contributed by atoms with Gasteiger partial charge in [-0.1, -0.05) is 28.1 Å². The van der Waals surface area contributed by atoms with Gasteiger partial charge in [-0.05, 0) is 54.6 Å². The summed E-state index contributed by atoms with van der Waals surface area (Å²) in [4.78, 5) is 20.4. The van der Waals surface area contributed by atoms with Crippen LogP contribution in [0.4, 0.5) is 5.69 Å². The van der Waals surface area contributed by atoms with Crippen molar-refractivity contribution in [2.24, 2.45) is 10.2 Å². The Bertz CT molecular complexity index is 1520. The minimum Gasteiger partial charge on any atom is -0.497 e. The first-order valence-electron chi connectivity index (χ1n) is 10.1. The SMILES string of the molecule is COc1ccc(-c2nc3ccccc3n2CC(=O)N=Nc2c(O)[nH]c3ccc(Br)cc23)cc1. The number of halogens is 1. The molecule has 3 aromatic carbocycles. The summed E-state index contributed by atoms with van der Waals surface area (Å²) in [5.41, 5.74) is 3.33. The summed E-state index contributed by atoms with van der Waals surface area (Å²) < 4.78 is 7.87. The molecule has 0 radical (unpaired) electrons. The van der Waals surface area contributed by atoms with Crippen LogP contribution in [0.1, 0.15) is 0 Å². The minimum atomic E-state index is -0.475. The molecule has 2 N–H and O–H groups in total. The summed E-state index contributed by atoms with van der Waals surface area (Å²) in [7, 11) is 1.61. The number of H-pyrrole nitrogens is 1. The number of imidazole rings is 1. The smallest absolute Gasteiger partial charge is 0.284 e. The highest BCUT2D eigenvalue weighted by Gasteiger charge is 2.16. The van der Waals surface area contributed by atoms with Gasteiger partial charge in [0.05, 0.1) is 23.7 Å². The van der Waals surface area contributed by atoms with Crippen molar-refractivity contribution in [3.05, 3.63) is 71.2 Å². The minimum absolute atomic E-state index is 0.0574. The van der Waals surface area contributed by atoms with Gasteiger partial charge in [-0.15, -0.1) is 10.2 Å². The van der Waals surface area contributed by atoms with Crippen molar-refractivity contribution in [3.8, 4) is 23.0 Å². The predicted molar refractivity (Wildman–Crippen MR) is 129 cm³/mol.